The van der Waals surface area contributed by atoms with Crippen LogP contribution in [0, 0.1) is 6.92 Å². The van der Waals surface area contributed by atoms with Crippen molar-refractivity contribution in [1.29, 1.82) is 0 Å². The van der Waals surface area contributed by atoms with Gasteiger partial charge in [-0.05, 0) is 31.2 Å². The molecule has 8 heteroatoms. The largest absolute Gasteiger partial charge is 0.491 e. The molecule has 1 aromatic carbocycles. The van der Waals surface area contributed by atoms with E-state index in [1.807, 2.05) is 43.3 Å². The summed E-state index contributed by atoms with van der Waals surface area (Å²) >= 11 is 0. The standard InChI is InChI=1S/C15H19NO3.C2H2O4/c1-12-4-6-14(7-5-12)19-11-13(17)9-16-10-15-3-2-8-18-15;3-1(4)2(5)6/h2-8,13,16-17H,9-11H2,1H3;(H,3,4)(H,5,6). The normalized spacial score (nSPS) is 11.1. The summed E-state index contributed by atoms with van der Waals surface area (Å²) in [5.41, 5.74) is 1.19. The number of ether oxygens (including phenoxy) is 1. The molecule has 1 atom stereocenters. The predicted octanol–water partition coefficient (Wildman–Crippen LogP) is 1.27. The molecule has 0 bridgehead atoms. The molecule has 25 heavy (non-hydrogen) atoms. The minimum absolute atomic E-state index is 0.272. The molecule has 0 amide bonds. The van der Waals surface area contributed by atoms with E-state index in [9.17, 15) is 5.11 Å². The topological polar surface area (TPSA) is 129 Å². The number of hydrogen-bond acceptors (Lipinski definition) is 6. The molecule has 8 nitrogen and oxygen atoms in total. The maximum Gasteiger partial charge on any atom is 0.414 e. The van der Waals surface area contributed by atoms with Gasteiger partial charge in [-0.3, -0.25) is 0 Å². The average Bonchev–Trinajstić information content (AvgIpc) is 3.08. The molecule has 0 saturated heterocycles. The average molecular weight is 351 g/mol. The van der Waals surface area contributed by atoms with Gasteiger partial charge in [0.15, 0.2) is 0 Å². The molecule has 0 aliphatic heterocycles. The van der Waals surface area contributed by atoms with E-state index in [2.05, 4.69) is 5.32 Å². The van der Waals surface area contributed by atoms with Crippen molar-refractivity contribution in [2.75, 3.05) is 13.2 Å². The molecular weight excluding hydrogens is 330 g/mol. The van der Waals surface area contributed by atoms with Crippen LogP contribution in [0.4, 0.5) is 0 Å². The third-order valence-electron chi connectivity index (χ3n) is 2.91. The fourth-order valence-electron chi connectivity index (χ4n) is 1.66. The molecule has 0 aliphatic rings. The molecule has 136 valence electrons. The Morgan fingerprint density at radius 2 is 1.80 bits per heavy atom. The van der Waals surface area contributed by atoms with Gasteiger partial charge in [0, 0.05) is 6.54 Å². The van der Waals surface area contributed by atoms with Gasteiger partial charge in [-0.15, -0.1) is 0 Å². The van der Waals surface area contributed by atoms with Crippen molar-refractivity contribution in [2.45, 2.75) is 19.6 Å². The zero-order chi connectivity index (χ0) is 18.7. The molecule has 4 N–H and O–H groups in total. The van der Waals surface area contributed by atoms with Crippen molar-refractivity contribution in [3.05, 3.63) is 54.0 Å². The second-order valence-corrected chi connectivity index (χ2v) is 5.10. The maximum absolute atomic E-state index is 9.78. The first kappa shape index (κ1) is 20.2. The Morgan fingerprint density at radius 1 is 1.16 bits per heavy atom. The van der Waals surface area contributed by atoms with Gasteiger partial charge in [-0.25, -0.2) is 9.59 Å². The summed E-state index contributed by atoms with van der Waals surface area (Å²) < 4.78 is 10.7. The van der Waals surface area contributed by atoms with E-state index in [0.29, 0.717) is 13.1 Å². The minimum atomic E-state index is -1.82. The number of carbonyl (C=O) groups is 2. The Bertz CT molecular complexity index is 626. The van der Waals surface area contributed by atoms with Gasteiger partial charge in [0.25, 0.3) is 0 Å². The van der Waals surface area contributed by atoms with E-state index in [-0.39, 0.29) is 6.61 Å². The molecule has 0 saturated carbocycles. The lowest BCUT2D eigenvalue weighted by Gasteiger charge is -2.13. The van der Waals surface area contributed by atoms with E-state index in [0.717, 1.165) is 11.5 Å². The van der Waals surface area contributed by atoms with Crippen molar-refractivity contribution >= 4 is 11.9 Å². The van der Waals surface area contributed by atoms with Crippen molar-refractivity contribution in [2.24, 2.45) is 0 Å². The summed E-state index contributed by atoms with van der Waals surface area (Å²) in [4.78, 5) is 18.2. The molecule has 2 aromatic rings. The zero-order valence-electron chi connectivity index (χ0n) is 13.7. The van der Waals surface area contributed by atoms with E-state index >= 15 is 0 Å². The van der Waals surface area contributed by atoms with E-state index in [1.165, 1.54) is 5.56 Å². The summed E-state index contributed by atoms with van der Waals surface area (Å²) in [6, 6.07) is 11.5. The zero-order valence-corrected chi connectivity index (χ0v) is 13.7. The summed E-state index contributed by atoms with van der Waals surface area (Å²) in [6.07, 6.45) is 1.09. The Balaban J connectivity index is 0.000000450. The lowest BCUT2D eigenvalue weighted by molar-refractivity contribution is -0.159. The molecular formula is C17H21NO7. The number of aliphatic carboxylic acids is 2. The number of benzene rings is 1. The molecule has 1 aromatic heterocycles. The molecule has 0 fully saturated rings. The van der Waals surface area contributed by atoms with Crippen molar-refractivity contribution in [3.8, 4) is 5.75 Å². The highest BCUT2D eigenvalue weighted by Gasteiger charge is 2.05. The summed E-state index contributed by atoms with van der Waals surface area (Å²) in [5.74, 6) is -2.02. The van der Waals surface area contributed by atoms with E-state index in [1.54, 1.807) is 6.26 Å². The molecule has 1 unspecified atom stereocenters. The molecule has 2 rings (SSSR count). The molecule has 0 spiro atoms. The number of carboxylic acid groups (broad SMARTS) is 2. The number of aryl methyl sites for hydroxylation is 1. The summed E-state index contributed by atoms with van der Waals surface area (Å²) in [5, 5.41) is 27.7. The Labute approximate surface area is 144 Å². The number of aliphatic hydroxyl groups is 1. The first-order chi connectivity index (χ1) is 11.9. The van der Waals surface area contributed by atoms with E-state index in [4.69, 9.17) is 29.0 Å². The number of carboxylic acids is 2. The SMILES string of the molecule is Cc1ccc(OCC(O)CNCc2ccco2)cc1.O=C(O)C(=O)O. The predicted molar refractivity (Wildman–Crippen MR) is 88.4 cm³/mol. The van der Waals surface area contributed by atoms with Gasteiger partial charge in [0.05, 0.1) is 12.8 Å². The van der Waals surface area contributed by atoms with Gasteiger partial charge in [-0.2, -0.15) is 0 Å². The van der Waals surface area contributed by atoms with Gasteiger partial charge in [0.2, 0.25) is 0 Å². The van der Waals surface area contributed by atoms with Crippen LogP contribution in [-0.2, 0) is 16.1 Å². The van der Waals surface area contributed by atoms with Crippen molar-refractivity contribution < 1.29 is 34.1 Å². The highest BCUT2D eigenvalue weighted by Crippen LogP contribution is 2.11. The van der Waals surface area contributed by atoms with Crippen molar-refractivity contribution in [3.63, 3.8) is 0 Å². The highest BCUT2D eigenvalue weighted by molar-refractivity contribution is 6.27. The summed E-state index contributed by atoms with van der Waals surface area (Å²) in [7, 11) is 0. The fourth-order valence-corrected chi connectivity index (χ4v) is 1.66. The first-order valence-electron chi connectivity index (χ1n) is 7.45. The van der Waals surface area contributed by atoms with Crippen LogP contribution in [0.1, 0.15) is 11.3 Å². The second kappa shape index (κ2) is 10.8. The Kier molecular flexibility index (Phi) is 8.77. The van der Waals surface area contributed by atoms with Crippen LogP contribution < -0.4 is 10.1 Å². The molecule has 1 heterocycles. The number of rotatable bonds is 7. The van der Waals surface area contributed by atoms with E-state index < -0.39 is 18.0 Å². The number of nitrogens with one attached hydrogen (secondary N) is 1. The van der Waals surface area contributed by atoms with Crippen LogP contribution in [0.3, 0.4) is 0 Å². The van der Waals surface area contributed by atoms with Gasteiger partial charge in [0.1, 0.15) is 24.2 Å². The lowest BCUT2D eigenvalue weighted by atomic mass is 10.2. The first-order valence-corrected chi connectivity index (χ1v) is 7.45. The van der Waals surface area contributed by atoms with Gasteiger partial charge in [-0.1, -0.05) is 17.7 Å². The van der Waals surface area contributed by atoms with Crippen LogP contribution in [-0.4, -0.2) is 46.5 Å². The van der Waals surface area contributed by atoms with Crippen molar-refractivity contribution in [1.82, 2.24) is 5.32 Å². The monoisotopic (exact) mass is 351 g/mol. The minimum Gasteiger partial charge on any atom is -0.491 e. The van der Waals surface area contributed by atoms with Crippen LogP contribution in [0.15, 0.2) is 47.1 Å². The van der Waals surface area contributed by atoms with Crippen LogP contribution in [0.2, 0.25) is 0 Å². The smallest absolute Gasteiger partial charge is 0.414 e. The van der Waals surface area contributed by atoms with Crippen LogP contribution in [0.25, 0.3) is 0 Å². The number of furan rings is 1. The third kappa shape index (κ3) is 9.14. The highest BCUT2D eigenvalue weighted by atomic mass is 16.5. The Hall–Kier alpha value is -2.84. The molecule has 0 radical (unpaired) electrons. The third-order valence-corrected chi connectivity index (χ3v) is 2.91. The number of hydrogen-bond donors (Lipinski definition) is 4. The molecule has 0 aliphatic carbocycles. The van der Waals surface area contributed by atoms with Gasteiger partial charge >= 0.3 is 11.9 Å². The summed E-state index contributed by atoms with van der Waals surface area (Å²) in [6.45, 7) is 3.37. The van der Waals surface area contributed by atoms with Gasteiger partial charge < -0.3 is 29.8 Å². The van der Waals surface area contributed by atoms with Crippen LogP contribution in [0.5, 0.6) is 5.75 Å². The fraction of sp³-hybridized carbons (Fsp3) is 0.294. The second-order valence-electron chi connectivity index (χ2n) is 5.10. The van der Waals surface area contributed by atoms with Crippen LogP contribution >= 0.6 is 0 Å². The number of aliphatic hydroxyl groups excluding tert-OH is 1. The maximum atomic E-state index is 9.78. The quantitative estimate of drug-likeness (QED) is 0.549. The lowest BCUT2D eigenvalue weighted by Crippen LogP contribution is -2.31. The Morgan fingerprint density at radius 3 is 2.32 bits per heavy atom.